The zero-order valence-electron chi connectivity index (χ0n) is 7.41. The molecule has 1 fully saturated rings. The van der Waals surface area contributed by atoms with Crippen molar-refractivity contribution in [3.63, 3.8) is 0 Å². The lowest BCUT2D eigenvalue weighted by Gasteiger charge is -2.16. The zero-order chi connectivity index (χ0) is 9.84. The number of amides is 3. The number of aliphatic hydroxyl groups excluding tert-OH is 1. The van der Waals surface area contributed by atoms with Crippen molar-refractivity contribution in [3.8, 4) is 0 Å². The van der Waals surface area contributed by atoms with E-state index in [0.717, 1.165) is 4.90 Å². The standard InChI is InChI=1S/C7H13N3O3/c1-8-2-5(11)4-10-6(12)3-9-7(10)13/h5,8,11H,2-4H2,1H3,(H,9,13). The molecule has 0 saturated carbocycles. The molecule has 1 aliphatic heterocycles. The average Bonchev–Trinajstić information content (AvgIpc) is 2.36. The summed E-state index contributed by atoms with van der Waals surface area (Å²) >= 11 is 0. The predicted octanol–water partition coefficient (Wildman–Crippen LogP) is -1.88. The Labute approximate surface area is 75.9 Å². The zero-order valence-corrected chi connectivity index (χ0v) is 7.41. The number of β-amino-alcohol motifs (C(OH)–C–C–N with tert-alkyl or cyclic N) is 1. The fraction of sp³-hybridized carbons (Fsp3) is 0.714. The number of hydrogen-bond acceptors (Lipinski definition) is 4. The molecule has 13 heavy (non-hydrogen) atoms. The van der Waals surface area contributed by atoms with Gasteiger partial charge in [0.2, 0.25) is 5.91 Å². The van der Waals surface area contributed by atoms with Crippen LogP contribution in [0.1, 0.15) is 0 Å². The van der Waals surface area contributed by atoms with Gasteiger partial charge in [-0.25, -0.2) is 4.79 Å². The summed E-state index contributed by atoms with van der Waals surface area (Å²) < 4.78 is 0. The van der Waals surface area contributed by atoms with E-state index in [1.54, 1.807) is 7.05 Å². The highest BCUT2D eigenvalue weighted by atomic mass is 16.3. The Bertz CT molecular complexity index is 203. The molecule has 3 N–H and O–H groups in total. The molecular formula is C7H13N3O3. The lowest BCUT2D eigenvalue weighted by Crippen LogP contribution is -2.41. The van der Waals surface area contributed by atoms with E-state index >= 15 is 0 Å². The second-order valence-corrected chi connectivity index (χ2v) is 2.87. The fourth-order valence-electron chi connectivity index (χ4n) is 1.15. The van der Waals surface area contributed by atoms with Crippen molar-refractivity contribution in [2.45, 2.75) is 6.10 Å². The van der Waals surface area contributed by atoms with Gasteiger partial charge in [0.05, 0.1) is 19.2 Å². The maximum atomic E-state index is 11.0. The summed E-state index contributed by atoms with van der Waals surface area (Å²) in [6.45, 7) is 0.438. The van der Waals surface area contributed by atoms with Crippen molar-refractivity contribution in [3.05, 3.63) is 0 Å². The molecule has 6 heteroatoms. The second-order valence-electron chi connectivity index (χ2n) is 2.87. The highest BCUT2D eigenvalue weighted by molar-refractivity contribution is 6.01. The van der Waals surface area contributed by atoms with Crippen LogP contribution in [0.4, 0.5) is 4.79 Å². The fourth-order valence-corrected chi connectivity index (χ4v) is 1.15. The summed E-state index contributed by atoms with van der Waals surface area (Å²) in [5.74, 6) is -0.292. The van der Waals surface area contributed by atoms with Gasteiger partial charge in [-0.05, 0) is 7.05 Å². The Balaban J connectivity index is 2.43. The number of carbonyl (C=O) groups is 2. The molecule has 0 bridgehead atoms. The molecule has 1 saturated heterocycles. The van der Waals surface area contributed by atoms with E-state index in [-0.39, 0.29) is 19.0 Å². The highest BCUT2D eigenvalue weighted by Gasteiger charge is 2.29. The summed E-state index contributed by atoms with van der Waals surface area (Å²) in [4.78, 5) is 23.0. The van der Waals surface area contributed by atoms with E-state index < -0.39 is 12.1 Å². The number of nitrogens with one attached hydrogen (secondary N) is 2. The normalized spacial score (nSPS) is 19.1. The number of carbonyl (C=O) groups excluding carboxylic acids is 2. The molecule has 1 unspecified atom stereocenters. The molecule has 74 valence electrons. The van der Waals surface area contributed by atoms with Crippen molar-refractivity contribution in [1.82, 2.24) is 15.5 Å². The first kappa shape index (κ1) is 9.94. The number of aliphatic hydroxyl groups is 1. The third-order valence-electron chi connectivity index (χ3n) is 1.77. The van der Waals surface area contributed by atoms with Crippen molar-refractivity contribution in [2.24, 2.45) is 0 Å². The van der Waals surface area contributed by atoms with Gasteiger partial charge in [0.15, 0.2) is 0 Å². The highest BCUT2D eigenvalue weighted by Crippen LogP contribution is 1.99. The maximum absolute atomic E-state index is 11.0. The average molecular weight is 187 g/mol. The lowest BCUT2D eigenvalue weighted by atomic mass is 10.3. The molecule has 1 heterocycles. The number of urea groups is 1. The summed E-state index contributed by atoms with van der Waals surface area (Å²) in [5.41, 5.74) is 0. The van der Waals surface area contributed by atoms with Gasteiger partial charge in [-0.2, -0.15) is 0 Å². The molecule has 0 aromatic heterocycles. The van der Waals surface area contributed by atoms with Crippen LogP contribution in [0.25, 0.3) is 0 Å². The van der Waals surface area contributed by atoms with Crippen molar-refractivity contribution < 1.29 is 14.7 Å². The van der Waals surface area contributed by atoms with E-state index in [2.05, 4.69) is 10.6 Å². The number of nitrogens with zero attached hydrogens (tertiary/aromatic N) is 1. The molecule has 0 spiro atoms. The van der Waals surface area contributed by atoms with Crippen LogP contribution in [-0.2, 0) is 4.79 Å². The van der Waals surface area contributed by atoms with E-state index in [4.69, 9.17) is 0 Å². The van der Waals surface area contributed by atoms with Crippen LogP contribution < -0.4 is 10.6 Å². The van der Waals surface area contributed by atoms with Crippen LogP contribution in [0.15, 0.2) is 0 Å². The van der Waals surface area contributed by atoms with Gasteiger partial charge < -0.3 is 15.7 Å². The van der Waals surface area contributed by atoms with Gasteiger partial charge in [0, 0.05) is 6.54 Å². The number of rotatable bonds is 4. The molecule has 0 aliphatic carbocycles. The Morgan fingerprint density at radius 3 is 2.85 bits per heavy atom. The van der Waals surface area contributed by atoms with Crippen LogP contribution in [0.2, 0.25) is 0 Å². The summed E-state index contributed by atoms with van der Waals surface area (Å²) in [6.07, 6.45) is -0.710. The first-order chi connectivity index (χ1) is 6.15. The molecule has 6 nitrogen and oxygen atoms in total. The Morgan fingerprint density at radius 2 is 2.38 bits per heavy atom. The minimum atomic E-state index is -0.710. The van der Waals surface area contributed by atoms with Crippen molar-refractivity contribution in [1.29, 1.82) is 0 Å². The van der Waals surface area contributed by atoms with Crippen molar-refractivity contribution >= 4 is 11.9 Å². The largest absolute Gasteiger partial charge is 0.390 e. The summed E-state index contributed by atoms with van der Waals surface area (Å²) in [5, 5.41) is 14.4. The van der Waals surface area contributed by atoms with Crippen LogP contribution in [0.5, 0.6) is 0 Å². The Kier molecular flexibility index (Phi) is 3.21. The predicted molar refractivity (Wildman–Crippen MR) is 45.0 cm³/mol. The third-order valence-corrected chi connectivity index (χ3v) is 1.77. The summed E-state index contributed by atoms with van der Waals surface area (Å²) in [7, 11) is 1.69. The van der Waals surface area contributed by atoms with Gasteiger partial charge in [0.25, 0.3) is 0 Å². The van der Waals surface area contributed by atoms with E-state index in [0.29, 0.717) is 6.54 Å². The third kappa shape index (κ3) is 2.40. The first-order valence-electron chi connectivity index (χ1n) is 4.06. The number of hydrogen-bond donors (Lipinski definition) is 3. The Morgan fingerprint density at radius 1 is 1.69 bits per heavy atom. The second kappa shape index (κ2) is 4.20. The minimum absolute atomic E-state index is 0.0328. The molecule has 0 aromatic carbocycles. The maximum Gasteiger partial charge on any atom is 0.324 e. The van der Waals surface area contributed by atoms with Gasteiger partial charge in [-0.15, -0.1) is 0 Å². The van der Waals surface area contributed by atoms with Gasteiger partial charge in [-0.1, -0.05) is 0 Å². The van der Waals surface area contributed by atoms with Gasteiger partial charge >= 0.3 is 6.03 Å². The number of likely N-dealkylation sites (N-methyl/N-ethyl adjacent to an activating group) is 1. The van der Waals surface area contributed by atoms with Crippen LogP contribution in [0.3, 0.4) is 0 Å². The molecular weight excluding hydrogens is 174 g/mol. The topological polar surface area (TPSA) is 81.7 Å². The van der Waals surface area contributed by atoms with Crippen LogP contribution in [0, 0.1) is 0 Å². The summed E-state index contributed by atoms with van der Waals surface area (Å²) in [6, 6.07) is -0.430. The molecule has 0 aromatic rings. The molecule has 3 amide bonds. The minimum Gasteiger partial charge on any atom is -0.390 e. The van der Waals surface area contributed by atoms with Crippen molar-refractivity contribution in [2.75, 3.05) is 26.7 Å². The monoisotopic (exact) mass is 187 g/mol. The van der Waals surface area contributed by atoms with E-state index in [1.807, 2.05) is 0 Å². The smallest absolute Gasteiger partial charge is 0.324 e. The Hall–Kier alpha value is -1.14. The molecule has 0 radical (unpaired) electrons. The van der Waals surface area contributed by atoms with E-state index in [1.165, 1.54) is 0 Å². The lowest BCUT2D eigenvalue weighted by molar-refractivity contribution is -0.125. The SMILES string of the molecule is CNCC(O)CN1C(=O)CNC1=O. The quantitative estimate of drug-likeness (QED) is 0.450. The van der Waals surface area contributed by atoms with Gasteiger partial charge in [0.1, 0.15) is 0 Å². The first-order valence-corrected chi connectivity index (χ1v) is 4.06. The van der Waals surface area contributed by atoms with Crippen LogP contribution >= 0.6 is 0 Å². The molecule has 1 atom stereocenters. The van der Waals surface area contributed by atoms with Crippen LogP contribution in [-0.4, -0.2) is 54.7 Å². The molecule has 1 aliphatic rings. The molecule has 1 rings (SSSR count). The van der Waals surface area contributed by atoms with Gasteiger partial charge in [-0.3, -0.25) is 9.69 Å². The van der Waals surface area contributed by atoms with E-state index in [9.17, 15) is 14.7 Å². The number of imide groups is 1.